The monoisotopic (exact) mass is 222 g/mol. The number of aromatic nitrogens is 2. The number of nitrogens with two attached hydrogens (primary N) is 1. The largest absolute Gasteiger partial charge is 0.382 e. The lowest BCUT2D eigenvalue weighted by molar-refractivity contribution is 0.520. The molecule has 1 rings (SSSR count). The van der Waals surface area contributed by atoms with Gasteiger partial charge in [0.15, 0.2) is 0 Å². The maximum Gasteiger partial charge on any atom is 0.144 e. The Morgan fingerprint density at radius 1 is 1.19 bits per heavy atom. The third kappa shape index (κ3) is 4.96. The van der Waals surface area contributed by atoms with E-state index in [0.29, 0.717) is 11.9 Å². The summed E-state index contributed by atoms with van der Waals surface area (Å²) in [7, 11) is 0. The highest BCUT2D eigenvalue weighted by atomic mass is 15.0. The molecule has 90 valence electrons. The Kier molecular flexibility index (Phi) is 5.02. The van der Waals surface area contributed by atoms with Crippen LogP contribution in [-0.2, 0) is 0 Å². The lowest BCUT2D eigenvalue weighted by Crippen LogP contribution is -2.16. The average Bonchev–Trinajstić information content (AvgIpc) is 2.21. The first-order valence-corrected chi connectivity index (χ1v) is 5.92. The van der Waals surface area contributed by atoms with Crippen LogP contribution in [0.3, 0.4) is 0 Å². The molecule has 4 heteroatoms. The highest BCUT2D eigenvalue weighted by molar-refractivity contribution is 5.36. The van der Waals surface area contributed by atoms with E-state index in [1.54, 1.807) is 12.4 Å². The SMILES string of the molecule is CC(C)CCCC(C)Nc1cnc(N)cn1. The van der Waals surface area contributed by atoms with E-state index < -0.39 is 0 Å². The van der Waals surface area contributed by atoms with Crippen LogP contribution in [0.1, 0.15) is 40.0 Å². The Bertz CT molecular complexity index is 294. The predicted octanol–water partition coefficient (Wildman–Crippen LogP) is 2.69. The number of rotatable bonds is 6. The van der Waals surface area contributed by atoms with Gasteiger partial charge in [-0.15, -0.1) is 0 Å². The Labute approximate surface area is 97.7 Å². The summed E-state index contributed by atoms with van der Waals surface area (Å²) in [5, 5.41) is 3.31. The van der Waals surface area contributed by atoms with E-state index in [1.807, 2.05) is 0 Å². The molecule has 4 nitrogen and oxygen atoms in total. The highest BCUT2D eigenvalue weighted by Gasteiger charge is 2.03. The second-order valence-electron chi connectivity index (χ2n) is 4.70. The van der Waals surface area contributed by atoms with Crippen LogP contribution in [0.15, 0.2) is 12.4 Å². The van der Waals surface area contributed by atoms with Crippen molar-refractivity contribution in [3.8, 4) is 0 Å². The van der Waals surface area contributed by atoms with Gasteiger partial charge >= 0.3 is 0 Å². The maximum absolute atomic E-state index is 5.47. The van der Waals surface area contributed by atoms with Crippen LogP contribution in [-0.4, -0.2) is 16.0 Å². The Morgan fingerprint density at radius 2 is 1.94 bits per heavy atom. The van der Waals surface area contributed by atoms with Crippen LogP contribution >= 0.6 is 0 Å². The first-order valence-electron chi connectivity index (χ1n) is 5.92. The standard InChI is InChI=1S/C12H22N4/c1-9(2)5-4-6-10(3)16-12-8-14-11(13)7-15-12/h7-10H,4-6H2,1-3H3,(H2,13,14)(H,15,16). The van der Waals surface area contributed by atoms with Gasteiger partial charge in [-0.1, -0.05) is 26.7 Å². The van der Waals surface area contributed by atoms with Gasteiger partial charge in [-0.05, 0) is 19.3 Å². The fourth-order valence-corrected chi connectivity index (χ4v) is 1.57. The normalized spacial score (nSPS) is 12.8. The van der Waals surface area contributed by atoms with Gasteiger partial charge in [0.25, 0.3) is 0 Å². The molecule has 0 spiro atoms. The van der Waals surface area contributed by atoms with Crippen molar-refractivity contribution in [2.24, 2.45) is 5.92 Å². The van der Waals surface area contributed by atoms with E-state index in [1.165, 1.54) is 12.8 Å². The van der Waals surface area contributed by atoms with Gasteiger partial charge in [0, 0.05) is 6.04 Å². The summed E-state index contributed by atoms with van der Waals surface area (Å²) in [6.07, 6.45) is 6.93. The molecule has 0 aliphatic rings. The minimum Gasteiger partial charge on any atom is -0.382 e. The molecular weight excluding hydrogens is 200 g/mol. The zero-order valence-corrected chi connectivity index (χ0v) is 10.4. The Balaban J connectivity index is 2.28. The quantitative estimate of drug-likeness (QED) is 0.776. The average molecular weight is 222 g/mol. The molecule has 1 atom stereocenters. The summed E-state index contributed by atoms with van der Waals surface area (Å²) in [5.41, 5.74) is 5.47. The van der Waals surface area contributed by atoms with Crippen molar-refractivity contribution in [1.29, 1.82) is 0 Å². The molecule has 3 N–H and O–H groups in total. The van der Waals surface area contributed by atoms with Crippen LogP contribution in [0.5, 0.6) is 0 Å². The number of nitrogens with one attached hydrogen (secondary N) is 1. The minimum absolute atomic E-state index is 0.427. The highest BCUT2D eigenvalue weighted by Crippen LogP contribution is 2.11. The first kappa shape index (κ1) is 12.7. The van der Waals surface area contributed by atoms with E-state index >= 15 is 0 Å². The van der Waals surface area contributed by atoms with Gasteiger partial charge in [0.2, 0.25) is 0 Å². The molecule has 0 radical (unpaired) electrons. The number of nitrogens with zero attached hydrogens (tertiary/aromatic N) is 2. The lowest BCUT2D eigenvalue weighted by atomic mass is 10.0. The maximum atomic E-state index is 5.47. The second-order valence-corrected chi connectivity index (χ2v) is 4.70. The predicted molar refractivity (Wildman–Crippen MR) is 68.2 cm³/mol. The van der Waals surface area contributed by atoms with E-state index in [-0.39, 0.29) is 0 Å². The van der Waals surface area contributed by atoms with E-state index in [9.17, 15) is 0 Å². The molecule has 16 heavy (non-hydrogen) atoms. The van der Waals surface area contributed by atoms with Crippen LogP contribution < -0.4 is 11.1 Å². The van der Waals surface area contributed by atoms with Gasteiger partial charge in [-0.3, -0.25) is 0 Å². The molecule has 0 aromatic carbocycles. The van der Waals surface area contributed by atoms with Gasteiger partial charge in [0.1, 0.15) is 11.6 Å². The van der Waals surface area contributed by atoms with E-state index in [4.69, 9.17) is 5.73 Å². The van der Waals surface area contributed by atoms with Crippen molar-refractivity contribution in [3.63, 3.8) is 0 Å². The molecule has 0 fully saturated rings. The van der Waals surface area contributed by atoms with Gasteiger partial charge < -0.3 is 11.1 Å². The molecule has 1 aromatic rings. The molecule has 0 saturated carbocycles. The first-order chi connectivity index (χ1) is 7.58. The summed E-state index contributed by atoms with van der Waals surface area (Å²) in [6, 6.07) is 0.427. The second kappa shape index (κ2) is 6.30. The molecule has 0 saturated heterocycles. The van der Waals surface area contributed by atoms with Crippen molar-refractivity contribution >= 4 is 11.6 Å². The molecular formula is C12H22N4. The van der Waals surface area contributed by atoms with Crippen molar-refractivity contribution in [2.75, 3.05) is 11.1 Å². The smallest absolute Gasteiger partial charge is 0.144 e. The van der Waals surface area contributed by atoms with Crippen molar-refractivity contribution in [2.45, 2.75) is 46.1 Å². The zero-order chi connectivity index (χ0) is 12.0. The van der Waals surface area contributed by atoms with Crippen LogP contribution in [0.25, 0.3) is 0 Å². The van der Waals surface area contributed by atoms with Crippen LogP contribution in [0.4, 0.5) is 11.6 Å². The van der Waals surface area contributed by atoms with Gasteiger partial charge in [-0.25, -0.2) is 9.97 Å². The summed E-state index contributed by atoms with van der Waals surface area (Å²) >= 11 is 0. The molecule has 1 aromatic heterocycles. The van der Waals surface area contributed by atoms with Crippen molar-refractivity contribution < 1.29 is 0 Å². The molecule has 0 aliphatic carbocycles. The topological polar surface area (TPSA) is 63.8 Å². The Hall–Kier alpha value is -1.32. The fraction of sp³-hybridized carbons (Fsp3) is 0.667. The third-order valence-corrected chi connectivity index (χ3v) is 2.48. The molecule has 1 unspecified atom stereocenters. The number of nitrogen functional groups attached to an aromatic ring is 1. The fourth-order valence-electron chi connectivity index (χ4n) is 1.57. The number of anilines is 2. The summed E-state index contributed by atoms with van der Waals surface area (Å²) < 4.78 is 0. The summed E-state index contributed by atoms with van der Waals surface area (Å²) in [5.74, 6) is 2.03. The van der Waals surface area contributed by atoms with Gasteiger partial charge in [0.05, 0.1) is 12.4 Å². The van der Waals surface area contributed by atoms with E-state index in [2.05, 4.69) is 36.1 Å². The molecule has 0 bridgehead atoms. The van der Waals surface area contributed by atoms with Crippen molar-refractivity contribution in [3.05, 3.63) is 12.4 Å². The minimum atomic E-state index is 0.427. The molecule has 1 heterocycles. The molecule has 0 amide bonds. The lowest BCUT2D eigenvalue weighted by Gasteiger charge is -2.14. The number of hydrogen-bond acceptors (Lipinski definition) is 4. The third-order valence-electron chi connectivity index (χ3n) is 2.48. The van der Waals surface area contributed by atoms with Crippen LogP contribution in [0.2, 0.25) is 0 Å². The molecule has 0 aliphatic heterocycles. The van der Waals surface area contributed by atoms with Crippen molar-refractivity contribution in [1.82, 2.24) is 9.97 Å². The summed E-state index contributed by atoms with van der Waals surface area (Å²) in [4.78, 5) is 8.16. The van der Waals surface area contributed by atoms with E-state index in [0.717, 1.165) is 18.2 Å². The summed E-state index contributed by atoms with van der Waals surface area (Å²) in [6.45, 7) is 6.67. The zero-order valence-electron chi connectivity index (χ0n) is 10.4. The number of hydrogen-bond donors (Lipinski definition) is 2. The Morgan fingerprint density at radius 3 is 2.50 bits per heavy atom. The van der Waals surface area contributed by atoms with Crippen LogP contribution in [0, 0.1) is 5.92 Å². The van der Waals surface area contributed by atoms with Gasteiger partial charge in [-0.2, -0.15) is 0 Å².